The SMILES string of the molecule is C[n+]1ccn(CCC[Si](O)(O)O)c1. The summed E-state index contributed by atoms with van der Waals surface area (Å²) in [5.74, 6) is 0. The average molecular weight is 203 g/mol. The third-order valence-electron chi connectivity index (χ3n) is 1.75. The van der Waals surface area contributed by atoms with E-state index in [1.54, 1.807) is 0 Å². The van der Waals surface area contributed by atoms with Gasteiger partial charge in [-0.05, 0) is 6.42 Å². The monoisotopic (exact) mass is 203 g/mol. The van der Waals surface area contributed by atoms with Gasteiger partial charge in [0.1, 0.15) is 12.4 Å². The Morgan fingerprint density at radius 2 is 2.08 bits per heavy atom. The normalized spacial score (nSPS) is 12.0. The highest BCUT2D eigenvalue weighted by Gasteiger charge is 2.25. The Labute approximate surface area is 77.9 Å². The molecule has 0 saturated heterocycles. The van der Waals surface area contributed by atoms with Crippen LogP contribution < -0.4 is 4.57 Å². The van der Waals surface area contributed by atoms with Crippen molar-refractivity contribution in [2.24, 2.45) is 7.05 Å². The molecule has 0 unspecified atom stereocenters. The lowest BCUT2D eigenvalue weighted by Crippen LogP contribution is -2.34. The summed E-state index contributed by atoms with van der Waals surface area (Å²) in [5.41, 5.74) is 0. The van der Waals surface area contributed by atoms with Crippen LogP contribution in [0.2, 0.25) is 6.04 Å². The minimum absolute atomic E-state index is 0.0922. The highest BCUT2D eigenvalue weighted by molar-refractivity contribution is 6.56. The fourth-order valence-corrected chi connectivity index (χ4v) is 1.77. The van der Waals surface area contributed by atoms with Crippen molar-refractivity contribution in [3.05, 3.63) is 18.7 Å². The van der Waals surface area contributed by atoms with E-state index in [0.29, 0.717) is 13.0 Å². The molecular formula is C7H15N2O3Si+. The van der Waals surface area contributed by atoms with Crippen LogP contribution in [0.1, 0.15) is 6.42 Å². The second-order valence-electron chi connectivity index (χ2n) is 3.19. The molecule has 6 heteroatoms. The lowest BCUT2D eigenvalue weighted by atomic mass is 10.5. The van der Waals surface area contributed by atoms with Crippen molar-refractivity contribution in [1.82, 2.24) is 4.57 Å². The minimum Gasteiger partial charge on any atom is -0.390 e. The Hall–Kier alpha value is -0.693. The lowest BCUT2D eigenvalue weighted by molar-refractivity contribution is -0.671. The lowest BCUT2D eigenvalue weighted by Gasteiger charge is -2.06. The second-order valence-corrected chi connectivity index (χ2v) is 5.24. The molecule has 0 radical (unpaired) electrons. The fourth-order valence-electron chi connectivity index (χ4n) is 1.13. The zero-order valence-corrected chi connectivity index (χ0v) is 8.59. The van der Waals surface area contributed by atoms with Gasteiger partial charge in [0.05, 0.1) is 13.6 Å². The zero-order chi connectivity index (χ0) is 9.90. The van der Waals surface area contributed by atoms with Crippen molar-refractivity contribution >= 4 is 8.80 Å². The summed E-state index contributed by atoms with van der Waals surface area (Å²) in [5, 5.41) is 0. The van der Waals surface area contributed by atoms with E-state index in [1.165, 1.54) is 0 Å². The second kappa shape index (κ2) is 4.01. The van der Waals surface area contributed by atoms with E-state index in [0.717, 1.165) is 0 Å². The van der Waals surface area contributed by atoms with Gasteiger partial charge in [0.25, 0.3) is 0 Å². The number of hydrogen-bond donors (Lipinski definition) is 3. The van der Waals surface area contributed by atoms with Gasteiger partial charge in [0.15, 0.2) is 0 Å². The van der Waals surface area contributed by atoms with Gasteiger partial charge in [-0.25, -0.2) is 9.13 Å². The summed E-state index contributed by atoms with van der Waals surface area (Å²) in [6, 6.07) is 0.0922. The van der Waals surface area contributed by atoms with Crippen LogP contribution in [0.5, 0.6) is 0 Å². The van der Waals surface area contributed by atoms with E-state index in [-0.39, 0.29) is 6.04 Å². The van der Waals surface area contributed by atoms with Crippen LogP contribution in [0.4, 0.5) is 0 Å². The Balaban J connectivity index is 2.28. The maximum absolute atomic E-state index is 8.74. The highest BCUT2D eigenvalue weighted by atomic mass is 28.4. The van der Waals surface area contributed by atoms with Crippen LogP contribution in [0.3, 0.4) is 0 Å². The quantitative estimate of drug-likeness (QED) is 0.417. The van der Waals surface area contributed by atoms with Gasteiger partial charge in [0.2, 0.25) is 6.33 Å². The largest absolute Gasteiger partial charge is 0.492 e. The highest BCUT2D eigenvalue weighted by Crippen LogP contribution is 2.02. The predicted molar refractivity (Wildman–Crippen MR) is 47.4 cm³/mol. The van der Waals surface area contributed by atoms with Crippen LogP contribution in [0.15, 0.2) is 18.7 Å². The molecule has 1 aromatic heterocycles. The molecule has 5 nitrogen and oxygen atoms in total. The topological polar surface area (TPSA) is 69.5 Å². The van der Waals surface area contributed by atoms with Gasteiger partial charge in [-0.3, -0.25) is 0 Å². The molecule has 1 heterocycles. The molecule has 74 valence electrons. The molecule has 0 aromatic carbocycles. The summed E-state index contributed by atoms with van der Waals surface area (Å²) in [6.45, 7) is 0.692. The van der Waals surface area contributed by atoms with Crippen molar-refractivity contribution in [2.45, 2.75) is 19.0 Å². The molecule has 0 aliphatic heterocycles. The first-order chi connectivity index (χ1) is 5.97. The maximum Gasteiger partial charge on any atom is 0.492 e. The van der Waals surface area contributed by atoms with E-state index >= 15 is 0 Å². The summed E-state index contributed by atoms with van der Waals surface area (Å²) < 4.78 is 3.83. The average Bonchev–Trinajstić information content (AvgIpc) is 2.33. The number of aryl methyl sites for hydroxylation is 2. The van der Waals surface area contributed by atoms with E-state index in [2.05, 4.69) is 0 Å². The smallest absolute Gasteiger partial charge is 0.390 e. The van der Waals surface area contributed by atoms with Crippen LogP contribution in [0, 0.1) is 0 Å². The fraction of sp³-hybridized carbons (Fsp3) is 0.571. The first-order valence-corrected chi connectivity index (χ1v) is 6.20. The van der Waals surface area contributed by atoms with E-state index < -0.39 is 8.80 Å². The van der Waals surface area contributed by atoms with E-state index in [1.807, 2.05) is 34.9 Å². The van der Waals surface area contributed by atoms with Crippen molar-refractivity contribution < 1.29 is 19.0 Å². The molecular weight excluding hydrogens is 188 g/mol. The number of nitrogens with zero attached hydrogens (tertiary/aromatic N) is 2. The Morgan fingerprint density at radius 1 is 1.38 bits per heavy atom. The molecule has 0 bridgehead atoms. The molecule has 0 aliphatic carbocycles. The van der Waals surface area contributed by atoms with Crippen LogP contribution >= 0.6 is 0 Å². The van der Waals surface area contributed by atoms with Gasteiger partial charge < -0.3 is 14.4 Å². The van der Waals surface area contributed by atoms with Gasteiger partial charge in [-0.1, -0.05) is 0 Å². The van der Waals surface area contributed by atoms with Gasteiger partial charge in [0, 0.05) is 6.04 Å². The zero-order valence-electron chi connectivity index (χ0n) is 7.59. The number of hydrogen-bond acceptors (Lipinski definition) is 3. The molecule has 13 heavy (non-hydrogen) atoms. The summed E-state index contributed by atoms with van der Waals surface area (Å²) in [4.78, 5) is 26.2. The van der Waals surface area contributed by atoms with E-state index in [9.17, 15) is 0 Å². The molecule has 3 N–H and O–H groups in total. The Morgan fingerprint density at radius 3 is 2.54 bits per heavy atom. The first-order valence-electron chi connectivity index (χ1n) is 4.15. The van der Waals surface area contributed by atoms with Gasteiger partial charge >= 0.3 is 8.80 Å². The number of aromatic nitrogens is 2. The number of rotatable bonds is 4. The van der Waals surface area contributed by atoms with Crippen LogP contribution in [0.25, 0.3) is 0 Å². The number of imidazole rings is 1. The van der Waals surface area contributed by atoms with Gasteiger partial charge in [-0.2, -0.15) is 0 Å². The van der Waals surface area contributed by atoms with E-state index in [4.69, 9.17) is 14.4 Å². The molecule has 1 rings (SSSR count). The Bertz CT molecular complexity index is 269. The maximum atomic E-state index is 8.74. The third kappa shape index (κ3) is 4.18. The van der Waals surface area contributed by atoms with Gasteiger partial charge in [-0.15, -0.1) is 0 Å². The van der Waals surface area contributed by atoms with Crippen molar-refractivity contribution in [3.8, 4) is 0 Å². The summed E-state index contributed by atoms with van der Waals surface area (Å²) in [7, 11) is -1.91. The molecule has 0 spiro atoms. The molecule has 0 saturated carbocycles. The predicted octanol–water partition coefficient (Wildman–Crippen LogP) is -1.38. The van der Waals surface area contributed by atoms with Crippen molar-refractivity contribution in [2.75, 3.05) is 0 Å². The third-order valence-corrected chi connectivity index (χ3v) is 2.78. The molecule has 1 aromatic rings. The standard InChI is InChI=1S/C7H15N2O3Si/c1-8-4-5-9(7-8)3-2-6-13(10,11)12/h4-5,7,10-12H,2-3,6H2,1H3/q+1. The first kappa shape index (κ1) is 10.4. The Kier molecular flexibility index (Phi) is 3.20. The van der Waals surface area contributed by atoms with Crippen LogP contribution in [-0.2, 0) is 13.6 Å². The van der Waals surface area contributed by atoms with Crippen molar-refractivity contribution in [3.63, 3.8) is 0 Å². The summed E-state index contributed by atoms with van der Waals surface area (Å²) >= 11 is 0. The molecule has 0 amide bonds. The summed E-state index contributed by atoms with van der Waals surface area (Å²) in [6.07, 6.45) is 6.27. The van der Waals surface area contributed by atoms with Crippen molar-refractivity contribution in [1.29, 1.82) is 0 Å². The van der Waals surface area contributed by atoms with Crippen LogP contribution in [-0.4, -0.2) is 27.8 Å². The molecule has 0 fully saturated rings. The molecule has 0 aliphatic rings. The minimum atomic E-state index is -3.82. The molecule has 0 atom stereocenters.